The zero-order valence-corrected chi connectivity index (χ0v) is 11.3. The van der Waals surface area contributed by atoms with Crippen LogP contribution in [0.25, 0.3) is 0 Å². The monoisotopic (exact) mass is 298 g/mol. The van der Waals surface area contributed by atoms with Crippen LogP contribution in [0.1, 0.15) is 16.1 Å². The van der Waals surface area contributed by atoms with E-state index in [4.69, 9.17) is 5.11 Å². The normalized spacial score (nSPS) is 11.5. The molecule has 6 nitrogen and oxygen atoms in total. The number of nitrogens with zero attached hydrogens (tertiary/aromatic N) is 2. The smallest absolute Gasteiger partial charge is 0.335 e. The van der Waals surface area contributed by atoms with E-state index in [0.29, 0.717) is 6.07 Å². The number of benzene rings is 1. The first-order chi connectivity index (χ1) is 9.29. The Balaban J connectivity index is 2.37. The predicted molar refractivity (Wildman–Crippen MR) is 67.5 cm³/mol. The summed E-state index contributed by atoms with van der Waals surface area (Å²) in [6.45, 7) is 0. The molecule has 106 valence electrons. The van der Waals surface area contributed by atoms with E-state index < -0.39 is 32.3 Å². The molecule has 0 atom stereocenters. The first-order valence-corrected chi connectivity index (χ1v) is 7.19. The van der Waals surface area contributed by atoms with Crippen LogP contribution in [0, 0.1) is 5.82 Å². The molecule has 0 spiro atoms. The Morgan fingerprint density at radius 1 is 1.40 bits per heavy atom. The third-order valence-electron chi connectivity index (χ3n) is 2.62. The summed E-state index contributed by atoms with van der Waals surface area (Å²) < 4.78 is 39.3. The average Bonchev–Trinajstić information content (AvgIpc) is 2.73. The summed E-state index contributed by atoms with van der Waals surface area (Å²) in [6.07, 6.45) is 1.58. The van der Waals surface area contributed by atoms with E-state index in [1.54, 1.807) is 13.2 Å². The van der Waals surface area contributed by atoms with Gasteiger partial charge in [-0.2, -0.15) is 5.10 Å². The van der Waals surface area contributed by atoms with Crippen molar-refractivity contribution in [2.45, 2.75) is 10.6 Å². The van der Waals surface area contributed by atoms with E-state index in [1.807, 2.05) is 0 Å². The molecule has 2 aromatic rings. The highest BCUT2D eigenvalue weighted by molar-refractivity contribution is 7.90. The first-order valence-electron chi connectivity index (χ1n) is 5.54. The van der Waals surface area contributed by atoms with Crippen LogP contribution in [-0.4, -0.2) is 29.3 Å². The van der Waals surface area contributed by atoms with Crippen molar-refractivity contribution in [3.05, 3.63) is 47.5 Å². The molecule has 0 saturated heterocycles. The van der Waals surface area contributed by atoms with Gasteiger partial charge in [0.05, 0.1) is 17.0 Å². The lowest BCUT2D eigenvalue weighted by Crippen LogP contribution is -2.09. The molecule has 0 unspecified atom stereocenters. The number of hydrogen-bond acceptors (Lipinski definition) is 4. The molecule has 0 saturated carbocycles. The number of aromatic nitrogens is 2. The highest BCUT2D eigenvalue weighted by Crippen LogP contribution is 2.20. The number of carbonyl (C=O) groups is 1. The van der Waals surface area contributed by atoms with Crippen LogP contribution in [-0.2, 0) is 22.6 Å². The highest BCUT2D eigenvalue weighted by atomic mass is 32.2. The maximum absolute atomic E-state index is 13.7. The number of carboxylic acids is 1. The van der Waals surface area contributed by atoms with E-state index in [9.17, 15) is 17.6 Å². The Bertz CT molecular complexity index is 768. The Morgan fingerprint density at radius 2 is 2.10 bits per heavy atom. The van der Waals surface area contributed by atoms with Crippen molar-refractivity contribution < 1.29 is 22.7 Å². The van der Waals surface area contributed by atoms with Gasteiger partial charge in [0.15, 0.2) is 9.84 Å². The highest BCUT2D eigenvalue weighted by Gasteiger charge is 2.22. The minimum Gasteiger partial charge on any atom is -0.478 e. The van der Waals surface area contributed by atoms with Crippen LogP contribution >= 0.6 is 0 Å². The van der Waals surface area contributed by atoms with Crippen LogP contribution in [0.4, 0.5) is 4.39 Å². The van der Waals surface area contributed by atoms with Gasteiger partial charge in [-0.3, -0.25) is 4.68 Å². The SMILES string of the molecule is Cn1ccc(CS(=O)(=O)c2ccc(C(=O)O)cc2F)n1. The first kappa shape index (κ1) is 14.2. The molecule has 1 aromatic carbocycles. The molecular formula is C12H11FN2O4S. The van der Waals surface area contributed by atoms with Gasteiger partial charge in [-0.15, -0.1) is 0 Å². The Hall–Kier alpha value is -2.22. The van der Waals surface area contributed by atoms with Crippen molar-refractivity contribution >= 4 is 15.8 Å². The van der Waals surface area contributed by atoms with Gasteiger partial charge in [0.1, 0.15) is 10.7 Å². The number of sulfone groups is 1. The molecule has 2 rings (SSSR count). The fourth-order valence-electron chi connectivity index (χ4n) is 1.70. The van der Waals surface area contributed by atoms with Crippen LogP contribution in [0.2, 0.25) is 0 Å². The van der Waals surface area contributed by atoms with Crippen molar-refractivity contribution in [1.82, 2.24) is 9.78 Å². The van der Waals surface area contributed by atoms with Gasteiger partial charge in [0.2, 0.25) is 0 Å². The van der Waals surface area contributed by atoms with Crippen molar-refractivity contribution in [2.75, 3.05) is 0 Å². The molecule has 0 amide bonds. The molecule has 0 aliphatic carbocycles. The fourth-order valence-corrected chi connectivity index (χ4v) is 3.03. The second kappa shape index (κ2) is 5.04. The molecular weight excluding hydrogens is 287 g/mol. The van der Waals surface area contributed by atoms with Crippen molar-refractivity contribution in [1.29, 1.82) is 0 Å². The maximum atomic E-state index is 13.7. The molecule has 8 heteroatoms. The summed E-state index contributed by atoms with van der Waals surface area (Å²) in [5, 5.41) is 12.6. The van der Waals surface area contributed by atoms with Gasteiger partial charge < -0.3 is 5.11 Å². The average molecular weight is 298 g/mol. The van der Waals surface area contributed by atoms with E-state index in [0.717, 1.165) is 12.1 Å². The molecule has 0 bridgehead atoms. The number of carboxylic acid groups (broad SMARTS) is 1. The van der Waals surface area contributed by atoms with E-state index in [-0.39, 0.29) is 11.3 Å². The zero-order chi connectivity index (χ0) is 14.9. The molecule has 0 fully saturated rings. The number of hydrogen-bond donors (Lipinski definition) is 1. The molecule has 0 aliphatic rings. The topological polar surface area (TPSA) is 89.3 Å². The summed E-state index contributed by atoms with van der Waals surface area (Å²) in [6, 6.07) is 4.21. The third-order valence-corrected chi connectivity index (χ3v) is 4.30. The van der Waals surface area contributed by atoms with Crippen LogP contribution in [0.5, 0.6) is 0 Å². The van der Waals surface area contributed by atoms with Crippen molar-refractivity contribution in [3.8, 4) is 0 Å². The Morgan fingerprint density at radius 3 is 2.60 bits per heavy atom. The number of aryl methyl sites for hydroxylation is 1. The standard InChI is InChI=1S/C12H11FN2O4S/c1-15-5-4-9(14-15)7-20(18,19)11-3-2-8(12(16)17)6-10(11)13/h2-6H,7H2,1H3,(H,16,17). The van der Waals surface area contributed by atoms with E-state index >= 15 is 0 Å². The van der Waals surface area contributed by atoms with Crippen LogP contribution in [0.15, 0.2) is 35.4 Å². The van der Waals surface area contributed by atoms with E-state index in [2.05, 4.69) is 5.10 Å². The maximum Gasteiger partial charge on any atom is 0.335 e. The lowest BCUT2D eigenvalue weighted by Gasteiger charge is -2.05. The molecule has 1 N–H and O–H groups in total. The summed E-state index contributed by atoms with van der Waals surface area (Å²) in [4.78, 5) is 10.1. The van der Waals surface area contributed by atoms with Gasteiger partial charge >= 0.3 is 5.97 Å². The molecule has 0 aliphatic heterocycles. The predicted octanol–water partition coefficient (Wildman–Crippen LogP) is 1.23. The second-order valence-electron chi connectivity index (χ2n) is 4.19. The fraction of sp³-hybridized carbons (Fsp3) is 0.167. The van der Waals surface area contributed by atoms with Gasteiger partial charge in [0.25, 0.3) is 0 Å². The molecule has 1 aromatic heterocycles. The van der Waals surface area contributed by atoms with Gasteiger partial charge in [-0.1, -0.05) is 0 Å². The quantitative estimate of drug-likeness (QED) is 0.917. The van der Waals surface area contributed by atoms with Crippen LogP contribution in [0.3, 0.4) is 0 Å². The Kier molecular flexibility index (Phi) is 3.58. The molecule has 0 radical (unpaired) electrons. The summed E-state index contributed by atoms with van der Waals surface area (Å²) in [5.41, 5.74) is -0.0199. The minimum absolute atomic E-state index is 0.286. The summed E-state index contributed by atoms with van der Waals surface area (Å²) in [7, 11) is -2.28. The zero-order valence-electron chi connectivity index (χ0n) is 10.4. The van der Waals surface area contributed by atoms with E-state index in [1.165, 1.54) is 10.7 Å². The molecule has 20 heavy (non-hydrogen) atoms. The van der Waals surface area contributed by atoms with Crippen LogP contribution < -0.4 is 0 Å². The largest absolute Gasteiger partial charge is 0.478 e. The van der Waals surface area contributed by atoms with Crippen molar-refractivity contribution in [3.63, 3.8) is 0 Å². The van der Waals surface area contributed by atoms with Gasteiger partial charge in [-0.05, 0) is 24.3 Å². The second-order valence-corrected chi connectivity index (χ2v) is 6.15. The summed E-state index contributed by atoms with van der Waals surface area (Å²) >= 11 is 0. The third kappa shape index (κ3) is 2.85. The lowest BCUT2D eigenvalue weighted by molar-refractivity contribution is 0.0696. The number of rotatable bonds is 4. The minimum atomic E-state index is -3.92. The number of aromatic carboxylic acids is 1. The summed E-state index contributed by atoms with van der Waals surface area (Å²) in [5.74, 6) is -2.85. The Labute approximate surface area is 114 Å². The lowest BCUT2D eigenvalue weighted by atomic mass is 10.2. The molecule has 1 heterocycles. The van der Waals surface area contributed by atoms with Gasteiger partial charge in [0, 0.05) is 13.2 Å². The van der Waals surface area contributed by atoms with Crippen molar-refractivity contribution in [2.24, 2.45) is 7.05 Å². The van der Waals surface area contributed by atoms with Gasteiger partial charge in [-0.25, -0.2) is 17.6 Å². The number of halogens is 1.